The molecule has 0 unspecified atom stereocenters. The Balaban J connectivity index is 2.14. The number of para-hydroxylation sites is 1. The highest BCUT2D eigenvalue weighted by atomic mass is 16.5. The Kier molecular flexibility index (Phi) is 5.46. The van der Waals surface area contributed by atoms with Crippen LogP contribution in [0.25, 0.3) is 0 Å². The van der Waals surface area contributed by atoms with E-state index in [4.69, 9.17) is 18.9 Å². The smallest absolute Gasteiger partial charge is 0.152 e. The van der Waals surface area contributed by atoms with Gasteiger partial charge in [0.25, 0.3) is 0 Å². The number of aliphatic imine (C=N–C) groups is 1. The van der Waals surface area contributed by atoms with Crippen molar-refractivity contribution >= 4 is 11.9 Å². The van der Waals surface area contributed by atoms with E-state index in [1.807, 2.05) is 51.1 Å². The van der Waals surface area contributed by atoms with Crippen molar-refractivity contribution in [2.24, 2.45) is 4.99 Å². The Labute approximate surface area is 183 Å². The van der Waals surface area contributed by atoms with Crippen molar-refractivity contribution in [1.29, 1.82) is 0 Å². The van der Waals surface area contributed by atoms with E-state index >= 15 is 0 Å². The molecule has 0 bridgehead atoms. The summed E-state index contributed by atoms with van der Waals surface area (Å²) < 4.78 is 23.9. The molecule has 1 heterocycles. The molecule has 1 aliphatic rings. The third-order valence-electron chi connectivity index (χ3n) is 5.83. The lowest BCUT2D eigenvalue weighted by molar-refractivity contribution is 0.0501. The van der Waals surface area contributed by atoms with Crippen molar-refractivity contribution < 1.29 is 18.9 Å². The zero-order valence-corrected chi connectivity index (χ0v) is 18.8. The number of ether oxygens (including phenoxy) is 4. The van der Waals surface area contributed by atoms with Gasteiger partial charge in [0.05, 0.1) is 19.9 Å². The van der Waals surface area contributed by atoms with Gasteiger partial charge in [-0.1, -0.05) is 18.2 Å². The molecular weight excluding hydrogens is 390 g/mol. The first-order chi connectivity index (χ1) is 15.0. The second kappa shape index (κ2) is 8.08. The first kappa shape index (κ1) is 20.9. The second-order valence-corrected chi connectivity index (χ2v) is 7.53. The lowest BCUT2D eigenvalue weighted by Gasteiger charge is -2.40. The van der Waals surface area contributed by atoms with E-state index in [1.165, 1.54) is 0 Å². The summed E-state index contributed by atoms with van der Waals surface area (Å²) in [6.45, 7) is 5.95. The Morgan fingerprint density at radius 1 is 0.806 bits per heavy atom. The molecule has 0 amide bonds. The van der Waals surface area contributed by atoms with Gasteiger partial charge in [-0.2, -0.15) is 0 Å². The number of hydrogen-bond acceptors (Lipinski definition) is 5. The topological polar surface area (TPSA) is 49.3 Å². The molecule has 5 nitrogen and oxygen atoms in total. The van der Waals surface area contributed by atoms with Crippen molar-refractivity contribution in [2.75, 3.05) is 21.3 Å². The summed E-state index contributed by atoms with van der Waals surface area (Å²) in [7, 11) is 5.05. The quantitative estimate of drug-likeness (QED) is 0.472. The molecule has 0 saturated heterocycles. The summed E-state index contributed by atoms with van der Waals surface area (Å²) in [4.78, 5) is 4.64. The molecule has 0 spiro atoms. The van der Waals surface area contributed by atoms with Gasteiger partial charge in [0.1, 0.15) is 23.0 Å². The van der Waals surface area contributed by atoms with Crippen LogP contribution in [0.5, 0.6) is 23.0 Å². The fourth-order valence-corrected chi connectivity index (χ4v) is 4.40. The summed E-state index contributed by atoms with van der Waals surface area (Å²) >= 11 is 0. The molecule has 0 atom stereocenters. The van der Waals surface area contributed by atoms with Crippen LogP contribution in [0.2, 0.25) is 0 Å². The zero-order valence-electron chi connectivity index (χ0n) is 18.8. The van der Waals surface area contributed by atoms with E-state index in [1.54, 1.807) is 27.5 Å². The highest BCUT2D eigenvalue weighted by Crippen LogP contribution is 2.56. The van der Waals surface area contributed by atoms with Gasteiger partial charge in [-0.15, -0.1) is 0 Å². The van der Waals surface area contributed by atoms with E-state index in [9.17, 15) is 0 Å². The normalized spacial score (nSPS) is 14.0. The number of methoxy groups -OCH3 is 3. The van der Waals surface area contributed by atoms with Crippen LogP contribution < -0.4 is 14.2 Å². The number of benzene rings is 3. The number of aryl methyl sites for hydroxylation is 2. The molecule has 31 heavy (non-hydrogen) atoms. The van der Waals surface area contributed by atoms with Crippen molar-refractivity contribution in [3.05, 3.63) is 76.3 Å². The first-order valence-corrected chi connectivity index (χ1v) is 10.2. The molecule has 0 aromatic heterocycles. The maximum atomic E-state index is 6.43. The van der Waals surface area contributed by atoms with Crippen LogP contribution >= 0.6 is 0 Å². The average Bonchev–Trinajstić information content (AvgIpc) is 2.78. The molecule has 1 aliphatic heterocycles. The number of rotatable bonds is 5. The highest BCUT2D eigenvalue weighted by Gasteiger charge is 2.46. The SMILES string of the molecule is CC=Nc1ccccc1C1(OC)c2cc(C)c(OC)cc2Oc2cc(OC)c(C)cc21. The van der Waals surface area contributed by atoms with Crippen LogP contribution in [0.1, 0.15) is 34.7 Å². The standard InChI is InChI=1S/C26H27NO4/c1-7-27-21-11-9-8-10-18(21)26(30-6)19-12-16(2)22(28-4)14-24(19)31-25-15-23(29-5)17(3)13-20(25)26/h7-15H,1-6H3. The minimum absolute atomic E-state index is 0.679. The predicted octanol–water partition coefficient (Wildman–Crippen LogP) is 6.09. The van der Waals surface area contributed by atoms with E-state index in [2.05, 4.69) is 23.2 Å². The summed E-state index contributed by atoms with van der Waals surface area (Å²) in [5, 5.41) is 0. The van der Waals surface area contributed by atoms with E-state index in [-0.39, 0.29) is 0 Å². The minimum atomic E-state index is -0.917. The summed E-state index contributed by atoms with van der Waals surface area (Å²) in [6.07, 6.45) is 1.79. The first-order valence-electron chi connectivity index (χ1n) is 10.2. The van der Waals surface area contributed by atoms with Gasteiger partial charge < -0.3 is 18.9 Å². The molecule has 0 saturated carbocycles. The second-order valence-electron chi connectivity index (χ2n) is 7.53. The van der Waals surface area contributed by atoms with E-state index in [0.717, 1.165) is 45.0 Å². The van der Waals surface area contributed by atoms with Gasteiger partial charge in [-0.3, -0.25) is 4.99 Å². The van der Waals surface area contributed by atoms with E-state index < -0.39 is 5.60 Å². The predicted molar refractivity (Wildman–Crippen MR) is 123 cm³/mol. The third-order valence-corrected chi connectivity index (χ3v) is 5.83. The maximum absolute atomic E-state index is 6.43. The number of hydrogen-bond donors (Lipinski definition) is 0. The maximum Gasteiger partial charge on any atom is 0.152 e. The van der Waals surface area contributed by atoms with Crippen LogP contribution in [0.3, 0.4) is 0 Å². The van der Waals surface area contributed by atoms with Crippen LogP contribution in [0, 0.1) is 13.8 Å². The van der Waals surface area contributed by atoms with Gasteiger partial charge in [0.15, 0.2) is 5.60 Å². The molecule has 4 rings (SSSR count). The molecule has 0 fully saturated rings. The Morgan fingerprint density at radius 3 is 1.84 bits per heavy atom. The highest BCUT2D eigenvalue weighted by molar-refractivity contribution is 5.71. The molecule has 3 aromatic carbocycles. The van der Waals surface area contributed by atoms with Crippen LogP contribution in [-0.2, 0) is 10.3 Å². The summed E-state index contributed by atoms with van der Waals surface area (Å²) in [5.74, 6) is 2.87. The third kappa shape index (κ3) is 3.17. The number of nitrogens with zero attached hydrogens (tertiary/aromatic N) is 1. The van der Waals surface area contributed by atoms with Crippen LogP contribution in [0.4, 0.5) is 5.69 Å². The zero-order chi connectivity index (χ0) is 22.2. The molecule has 0 radical (unpaired) electrons. The molecule has 3 aromatic rings. The lowest BCUT2D eigenvalue weighted by Crippen LogP contribution is -2.35. The van der Waals surface area contributed by atoms with Gasteiger partial charge in [0, 0.05) is 42.1 Å². The molecular formula is C26H27NO4. The Hall–Kier alpha value is -3.31. The average molecular weight is 418 g/mol. The van der Waals surface area contributed by atoms with Crippen molar-refractivity contribution in [3.63, 3.8) is 0 Å². The van der Waals surface area contributed by atoms with Crippen LogP contribution in [0.15, 0.2) is 53.5 Å². The van der Waals surface area contributed by atoms with Gasteiger partial charge in [0.2, 0.25) is 0 Å². The lowest BCUT2D eigenvalue weighted by atomic mass is 9.76. The summed E-state index contributed by atoms with van der Waals surface area (Å²) in [5.41, 5.74) is 4.67. The molecule has 0 N–H and O–H groups in total. The fraction of sp³-hybridized carbons (Fsp3) is 0.269. The van der Waals surface area contributed by atoms with Crippen molar-refractivity contribution in [1.82, 2.24) is 0 Å². The van der Waals surface area contributed by atoms with Gasteiger partial charge in [-0.25, -0.2) is 0 Å². The fourth-order valence-electron chi connectivity index (χ4n) is 4.40. The Morgan fingerprint density at radius 2 is 1.35 bits per heavy atom. The number of fused-ring (bicyclic) bond motifs is 2. The van der Waals surface area contributed by atoms with Crippen molar-refractivity contribution in [3.8, 4) is 23.0 Å². The largest absolute Gasteiger partial charge is 0.496 e. The van der Waals surface area contributed by atoms with Gasteiger partial charge in [-0.05, 0) is 50.1 Å². The van der Waals surface area contributed by atoms with Gasteiger partial charge >= 0.3 is 0 Å². The summed E-state index contributed by atoms with van der Waals surface area (Å²) in [6, 6.07) is 16.0. The van der Waals surface area contributed by atoms with E-state index in [0.29, 0.717) is 11.5 Å². The molecule has 160 valence electrons. The monoisotopic (exact) mass is 417 g/mol. The van der Waals surface area contributed by atoms with Crippen molar-refractivity contribution in [2.45, 2.75) is 26.4 Å². The van der Waals surface area contributed by atoms with Crippen LogP contribution in [-0.4, -0.2) is 27.5 Å². The minimum Gasteiger partial charge on any atom is -0.496 e. The Bertz CT molecular complexity index is 1110. The molecule has 5 heteroatoms. The molecule has 0 aliphatic carbocycles.